The Morgan fingerprint density at radius 1 is 1.13 bits per heavy atom. The van der Waals surface area contributed by atoms with Crippen molar-refractivity contribution in [2.24, 2.45) is 0 Å². The van der Waals surface area contributed by atoms with Gasteiger partial charge >= 0.3 is 0 Å². The van der Waals surface area contributed by atoms with Crippen molar-refractivity contribution < 1.29 is 9.53 Å². The fraction of sp³-hybridized carbons (Fsp3) is 0.333. The van der Waals surface area contributed by atoms with E-state index in [9.17, 15) is 4.79 Å². The van der Waals surface area contributed by atoms with E-state index in [-0.39, 0.29) is 12.5 Å². The van der Waals surface area contributed by atoms with E-state index in [1.807, 2.05) is 41.3 Å². The number of carbonyl (C=O) groups excluding carboxylic acids is 1. The molecule has 5 heteroatoms. The summed E-state index contributed by atoms with van der Waals surface area (Å²) in [5.74, 6) is 0.715. The number of likely N-dealkylation sites (N-methyl/N-ethyl adjacent to an activating group) is 1. The fourth-order valence-corrected chi connectivity index (χ4v) is 2.83. The molecule has 0 radical (unpaired) electrons. The minimum absolute atomic E-state index is 0.0262. The van der Waals surface area contributed by atoms with Crippen LogP contribution in [0, 0.1) is 5.41 Å². The summed E-state index contributed by atoms with van der Waals surface area (Å²) in [4.78, 5) is 16.4. The molecule has 120 valence electrons. The van der Waals surface area contributed by atoms with Crippen LogP contribution in [0.25, 0.3) is 10.8 Å². The molecule has 0 aliphatic carbocycles. The second kappa shape index (κ2) is 6.79. The van der Waals surface area contributed by atoms with Gasteiger partial charge in [0, 0.05) is 43.3 Å². The van der Waals surface area contributed by atoms with Gasteiger partial charge in [-0.3, -0.25) is 4.79 Å². The predicted molar refractivity (Wildman–Crippen MR) is 91.4 cm³/mol. The first-order valence-corrected chi connectivity index (χ1v) is 7.80. The Morgan fingerprint density at radius 3 is 2.52 bits per heavy atom. The van der Waals surface area contributed by atoms with Crippen molar-refractivity contribution in [1.82, 2.24) is 9.80 Å². The smallest absolute Gasteiger partial charge is 0.260 e. The van der Waals surface area contributed by atoms with Crippen LogP contribution in [-0.4, -0.2) is 61.8 Å². The van der Waals surface area contributed by atoms with Crippen LogP contribution >= 0.6 is 0 Å². The second-order valence-electron chi connectivity index (χ2n) is 5.82. The summed E-state index contributed by atoms with van der Waals surface area (Å²) in [5.41, 5.74) is 0.846. The zero-order chi connectivity index (χ0) is 16.2. The lowest BCUT2D eigenvalue weighted by Gasteiger charge is -2.32. The lowest BCUT2D eigenvalue weighted by Crippen LogP contribution is -2.48. The number of fused-ring (bicyclic) bond motifs is 1. The quantitative estimate of drug-likeness (QED) is 0.879. The summed E-state index contributed by atoms with van der Waals surface area (Å²) < 4.78 is 5.78. The molecule has 2 aromatic rings. The largest absolute Gasteiger partial charge is 0.483 e. The Kier molecular flexibility index (Phi) is 4.57. The molecule has 0 atom stereocenters. The van der Waals surface area contributed by atoms with E-state index in [0.717, 1.165) is 42.5 Å². The van der Waals surface area contributed by atoms with E-state index < -0.39 is 0 Å². The zero-order valence-electron chi connectivity index (χ0n) is 13.3. The summed E-state index contributed by atoms with van der Waals surface area (Å²) in [6.07, 6.45) is 1.33. The third-order valence-electron chi connectivity index (χ3n) is 4.28. The van der Waals surface area contributed by atoms with Crippen molar-refractivity contribution in [1.29, 1.82) is 5.41 Å². The van der Waals surface area contributed by atoms with Crippen LogP contribution in [0.4, 0.5) is 0 Å². The average Bonchev–Trinajstić information content (AvgIpc) is 2.60. The van der Waals surface area contributed by atoms with E-state index in [0.29, 0.717) is 5.75 Å². The van der Waals surface area contributed by atoms with Gasteiger partial charge in [-0.15, -0.1) is 0 Å². The van der Waals surface area contributed by atoms with Gasteiger partial charge in [-0.05, 0) is 24.6 Å². The minimum atomic E-state index is 0.0262. The number of nitrogens with zero attached hydrogens (tertiary/aromatic N) is 2. The molecule has 0 bridgehead atoms. The number of piperazine rings is 1. The Labute approximate surface area is 136 Å². The normalized spacial score (nSPS) is 15.6. The van der Waals surface area contributed by atoms with Crippen LogP contribution in [0.5, 0.6) is 5.75 Å². The summed E-state index contributed by atoms with van der Waals surface area (Å²) >= 11 is 0. The number of hydrogen-bond donors (Lipinski definition) is 1. The van der Waals surface area contributed by atoms with Gasteiger partial charge in [-0.25, -0.2) is 0 Å². The molecule has 0 saturated carbocycles. The van der Waals surface area contributed by atoms with Crippen LogP contribution in [0.1, 0.15) is 5.56 Å². The maximum Gasteiger partial charge on any atom is 0.260 e. The summed E-state index contributed by atoms with van der Waals surface area (Å²) in [5, 5.41) is 9.38. The number of nitrogens with one attached hydrogen (secondary N) is 1. The number of amides is 1. The van der Waals surface area contributed by atoms with Gasteiger partial charge in [-0.2, -0.15) is 0 Å². The third kappa shape index (κ3) is 3.35. The Hall–Kier alpha value is -2.40. The molecule has 0 unspecified atom stereocenters. The number of ether oxygens (including phenoxy) is 1. The Morgan fingerprint density at radius 2 is 1.83 bits per heavy atom. The van der Waals surface area contributed by atoms with Crippen molar-refractivity contribution in [3.63, 3.8) is 0 Å². The maximum absolute atomic E-state index is 12.3. The number of hydrogen-bond acceptors (Lipinski definition) is 4. The van der Waals surface area contributed by atoms with E-state index in [2.05, 4.69) is 11.9 Å². The van der Waals surface area contributed by atoms with Crippen LogP contribution < -0.4 is 4.74 Å². The summed E-state index contributed by atoms with van der Waals surface area (Å²) in [7, 11) is 2.06. The first kappa shape index (κ1) is 15.5. The van der Waals surface area contributed by atoms with Gasteiger partial charge < -0.3 is 19.9 Å². The second-order valence-corrected chi connectivity index (χ2v) is 5.82. The molecule has 1 N–H and O–H groups in total. The average molecular weight is 311 g/mol. The van der Waals surface area contributed by atoms with Crippen LogP contribution in [0.2, 0.25) is 0 Å². The molecule has 0 spiro atoms. The molecule has 2 aromatic carbocycles. The van der Waals surface area contributed by atoms with Crippen LogP contribution in [0.3, 0.4) is 0 Å². The molecule has 1 fully saturated rings. The molecule has 23 heavy (non-hydrogen) atoms. The molecule has 3 rings (SSSR count). The predicted octanol–water partition coefficient (Wildman–Crippen LogP) is 1.99. The fourth-order valence-electron chi connectivity index (χ4n) is 2.83. The van der Waals surface area contributed by atoms with Gasteiger partial charge in [0.05, 0.1) is 0 Å². The monoisotopic (exact) mass is 311 g/mol. The highest BCUT2D eigenvalue weighted by atomic mass is 16.5. The first-order chi connectivity index (χ1) is 11.2. The van der Waals surface area contributed by atoms with Crippen molar-refractivity contribution in [3.05, 3.63) is 42.0 Å². The highest BCUT2D eigenvalue weighted by Gasteiger charge is 2.19. The topological polar surface area (TPSA) is 56.6 Å². The molecule has 1 heterocycles. The highest BCUT2D eigenvalue weighted by molar-refractivity contribution is 6.01. The van der Waals surface area contributed by atoms with E-state index >= 15 is 0 Å². The van der Waals surface area contributed by atoms with Crippen LogP contribution in [-0.2, 0) is 4.79 Å². The van der Waals surface area contributed by atoms with Crippen LogP contribution in [0.15, 0.2) is 36.4 Å². The lowest BCUT2D eigenvalue weighted by molar-refractivity contribution is -0.134. The van der Waals surface area contributed by atoms with E-state index in [1.165, 1.54) is 6.21 Å². The van der Waals surface area contributed by atoms with Crippen molar-refractivity contribution in [2.45, 2.75) is 0 Å². The number of benzene rings is 2. The van der Waals surface area contributed by atoms with Crippen molar-refractivity contribution in [3.8, 4) is 5.75 Å². The molecule has 0 aromatic heterocycles. The third-order valence-corrected chi connectivity index (χ3v) is 4.28. The van der Waals surface area contributed by atoms with E-state index in [1.54, 1.807) is 0 Å². The first-order valence-electron chi connectivity index (χ1n) is 7.80. The molecule has 1 aliphatic rings. The number of carbonyl (C=O) groups is 1. The molecule has 5 nitrogen and oxygen atoms in total. The minimum Gasteiger partial charge on any atom is -0.483 e. The van der Waals surface area contributed by atoms with Crippen molar-refractivity contribution >= 4 is 22.9 Å². The van der Waals surface area contributed by atoms with Gasteiger partial charge in [0.1, 0.15) is 5.75 Å². The van der Waals surface area contributed by atoms with Crippen molar-refractivity contribution in [2.75, 3.05) is 39.8 Å². The van der Waals surface area contributed by atoms with E-state index in [4.69, 9.17) is 10.1 Å². The Balaban J connectivity index is 1.72. The SMILES string of the molecule is CN1CCN(C(=O)COc2ccc(C=N)c3ccccc23)CC1. The maximum atomic E-state index is 12.3. The highest BCUT2D eigenvalue weighted by Crippen LogP contribution is 2.27. The standard InChI is InChI=1S/C18H21N3O2/c1-20-8-10-21(11-9-20)18(22)13-23-17-7-6-14(12-19)15-4-2-3-5-16(15)17/h2-7,12,19H,8-11,13H2,1H3. The summed E-state index contributed by atoms with van der Waals surface area (Å²) in [6, 6.07) is 11.5. The molecule has 1 amide bonds. The van der Waals surface area contributed by atoms with Gasteiger partial charge in [0.2, 0.25) is 0 Å². The lowest BCUT2D eigenvalue weighted by atomic mass is 10.0. The van der Waals surface area contributed by atoms with Gasteiger partial charge in [0.25, 0.3) is 5.91 Å². The zero-order valence-corrected chi connectivity index (χ0v) is 13.3. The number of rotatable bonds is 4. The van der Waals surface area contributed by atoms with Gasteiger partial charge in [0.15, 0.2) is 6.61 Å². The molecule has 1 aliphatic heterocycles. The molecule has 1 saturated heterocycles. The molecular weight excluding hydrogens is 290 g/mol. The summed E-state index contributed by atoms with van der Waals surface area (Å²) in [6.45, 7) is 3.38. The Bertz CT molecular complexity index is 721. The molecular formula is C18H21N3O2. The van der Waals surface area contributed by atoms with Gasteiger partial charge in [-0.1, -0.05) is 24.3 Å².